The molecule has 21 heavy (non-hydrogen) atoms. The van der Waals surface area contributed by atoms with Gasteiger partial charge in [-0.25, -0.2) is 0 Å². The summed E-state index contributed by atoms with van der Waals surface area (Å²) >= 11 is 0. The molecule has 1 aromatic carbocycles. The maximum atomic E-state index is 8.96. The van der Waals surface area contributed by atoms with Crippen LogP contribution in [0.15, 0.2) is 18.2 Å². The molecule has 1 N–H and O–H groups in total. The van der Waals surface area contributed by atoms with E-state index in [1.165, 1.54) is 18.4 Å². The Morgan fingerprint density at radius 3 is 2.81 bits per heavy atom. The number of hydrogen-bond donors (Lipinski definition) is 1. The van der Waals surface area contributed by atoms with Crippen molar-refractivity contribution in [2.45, 2.75) is 44.7 Å². The molecule has 0 aromatic heterocycles. The second-order valence-corrected chi connectivity index (χ2v) is 5.93. The van der Waals surface area contributed by atoms with Crippen molar-refractivity contribution >= 4 is 0 Å². The summed E-state index contributed by atoms with van der Waals surface area (Å²) in [5.74, 6) is 1.82. The van der Waals surface area contributed by atoms with Crippen LogP contribution in [0, 0.1) is 0 Å². The summed E-state index contributed by atoms with van der Waals surface area (Å²) in [6.07, 6.45) is 5.48. The first-order chi connectivity index (χ1) is 10.4. The van der Waals surface area contributed by atoms with Gasteiger partial charge in [0, 0.05) is 31.2 Å². The lowest BCUT2D eigenvalue weighted by atomic mass is 10.1. The Labute approximate surface area is 126 Å². The minimum Gasteiger partial charge on any atom is -0.490 e. The first kappa shape index (κ1) is 14.7. The zero-order valence-corrected chi connectivity index (χ0v) is 12.6. The first-order valence-corrected chi connectivity index (χ1v) is 8.11. The van der Waals surface area contributed by atoms with Gasteiger partial charge in [0.1, 0.15) is 0 Å². The number of nitrogens with zero attached hydrogens (tertiary/aromatic N) is 1. The van der Waals surface area contributed by atoms with Gasteiger partial charge >= 0.3 is 0 Å². The summed E-state index contributed by atoms with van der Waals surface area (Å²) < 4.78 is 11.7. The van der Waals surface area contributed by atoms with E-state index in [2.05, 4.69) is 17.0 Å². The van der Waals surface area contributed by atoms with Crippen molar-refractivity contribution in [3.63, 3.8) is 0 Å². The molecule has 1 aliphatic carbocycles. The molecule has 1 heterocycles. The van der Waals surface area contributed by atoms with Crippen molar-refractivity contribution in [3.05, 3.63) is 23.8 Å². The molecule has 1 aromatic rings. The fraction of sp³-hybridized carbons (Fsp3) is 0.647. The van der Waals surface area contributed by atoms with Crippen LogP contribution in [0.2, 0.25) is 0 Å². The van der Waals surface area contributed by atoms with Crippen LogP contribution < -0.4 is 9.47 Å². The Bertz CT molecular complexity index is 459. The van der Waals surface area contributed by atoms with E-state index in [1.54, 1.807) is 0 Å². The summed E-state index contributed by atoms with van der Waals surface area (Å²) in [5, 5.41) is 8.96. The van der Waals surface area contributed by atoms with E-state index in [0.29, 0.717) is 6.04 Å². The van der Waals surface area contributed by atoms with Crippen LogP contribution in [0.4, 0.5) is 0 Å². The molecule has 1 fully saturated rings. The fourth-order valence-electron chi connectivity index (χ4n) is 2.85. The minimum absolute atomic E-state index is 0.288. The largest absolute Gasteiger partial charge is 0.490 e. The van der Waals surface area contributed by atoms with Crippen molar-refractivity contribution in [1.82, 2.24) is 4.90 Å². The molecule has 116 valence electrons. The Balaban J connectivity index is 1.70. The summed E-state index contributed by atoms with van der Waals surface area (Å²) in [5.41, 5.74) is 1.23. The molecule has 0 saturated heterocycles. The Hall–Kier alpha value is -1.26. The quantitative estimate of drug-likeness (QED) is 0.784. The van der Waals surface area contributed by atoms with Crippen molar-refractivity contribution in [2.75, 3.05) is 26.4 Å². The van der Waals surface area contributed by atoms with Crippen LogP contribution in [0.5, 0.6) is 11.5 Å². The Kier molecular flexibility index (Phi) is 4.99. The lowest BCUT2D eigenvalue weighted by Gasteiger charge is -2.23. The van der Waals surface area contributed by atoms with Crippen molar-refractivity contribution in [1.29, 1.82) is 0 Å². The third-order valence-corrected chi connectivity index (χ3v) is 4.14. The van der Waals surface area contributed by atoms with Crippen LogP contribution in [0.25, 0.3) is 0 Å². The zero-order valence-electron chi connectivity index (χ0n) is 12.6. The molecule has 4 nitrogen and oxygen atoms in total. The molecule has 0 radical (unpaired) electrons. The van der Waals surface area contributed by atoms with E-state index >= 15 is 0 Å². The van der Waals surface area contributed by atoms with Gasteiger partial charge in [-0.3, -0.25) is 4.90 Å². The molecular weight excluding hydrogens is 266 g/mol. The van der Waals surface area contributed by atoms with E-state index in [1.807, 2.05) is 6.07 Å². The second-order valence-electron chi connectivity index (χ2n) is 5.93. The number of para-hydroxylation sites is 1. The maximum absolute atomic E-state index is 8.96. The first-order valence-electron chi connectivity index (χ1n) is 8.11. The molecule has 3 rings (SSSR count). The van der Waals surface area contributed by atoms with Gasteiger partial charge in [0.25, 0.3) is 0 Å². The molecule has 0 atom stereocenters. The minimum atomic E-state index is 0.288. The smallest absolute Gasteiger partial charge is 0.165 e. The number of hydrogen-bond acceptors (Lipinski definition) is 4. The Morgan fingerprint density at radius 2 is 2.00 bits per heavy atom. The van der Waals surface area contributed by atoms with Crippen LogP contribution in [-0.4, -0.2) is 42.4 Å². The fourth-order valence-corrected chi connectivity index (χ4v) is 2.85. The van der Waals surface area contributed by atoms with Gasteiger partial charge in [-0.2, -0.15) is 0 Å². The molecule has 2 aliphatic rings. The van der Waals surface area contributed by atoms with Gasteiger partial charge in [0.05, 0.1) is 13.2 Å². The Morgan fingerprint density at radius 1 is 1.14 bits per heavy atom. The molecule has 1 aliphatic heterocycles. The third kappa shape index (κ3) is 3.89. The lowest BCUT2D eigenvalue weighted by Crippen LogP contribution is -2.27. The number of aliphatic hydroxyl groups is 1. The highest BCUT2D eigenvalue weighted by Gasteiger charge is 2.29. The van der Waals surface area contributed by atoms with Gasteiger partial charge in [0.15, 0.2) is 11.5 Å². The normalized spacial score (nSPS) is 17.8. The predicted octanol–water partition coefficient (Wildman–Crippen LogP) is 2.58. The second kappa shape index (κ2) is 7.14. The standard InChI is InChI=1S/C17H25NO3/c19-10-2-1-9-18(15-7-8-15)13-14-5-3-6-16-17(14)21-12-4-11-20-16/h3,5-6,15,19H,1-2,4,7-13H2. The summed E-state index contributed by atoms with van der Waals surface area (Å²) in [6, 6.07) is 6.92. The van der Waals surface area contributed by atoms with Gasteiger partial charge in [-0.05, 0) is 38.3 Å². The molecule has 0 unspecified atom stereocenters. The van der Waals surface area contributed by atoms with Crippen molar-refractivity contribution < 1.29 is 14.6 Å². The highest BCUT2D eigenvalue weighted by atomic mass is 16.5. The van der Waals surface area contributed by atoms with Crippen LogP contribution in [0.3, 0.4) is 0 Å². The van der Waals surface area contributed by atoms with Gasteiger partial charge in [-0.1, -0.05) is 12.1 Å². The van der Waals surface area contributed by atoms with E-state index in [-0.39, 0.29) is 6.61 Å². The van der Waals surface area contributed by atoms with Crippen molar-refractivity contribution in [3.8, 4) is 11.5 Å². The summed E-state index contributed by atoms with van der Waals surface area (Å²) in [4.78, 5) is 2.53. The number of benzene rings is 1. The van der Waals surface area contributed by atoms with Crippen LogP contribution in [0.1, 0.15) is 37.7 Å². The monoisotopic (exact) mass is 291 g/mol. The van der Waals surface area contributed by atoms with E-state index < -0.39 is 0 Å². The number of unbranched alkanes of at least 4 members (excludes halogenated alkanes) is 1. The van der Waals surface area contributed by atoms with Crippen molar-refractivity contribution in [2.24, 2.45) is 0 Å². The number of rotatable bonds is 7. The van der Waals surface area contributed by atoms with E-state index in [9.17, 15) is 0 Å². The highest BCUT2D eigenvalue weighted by Crippen LogP contribution is 2.36. The lowest BCUT2D eigenvalue weighted by molar-refractivity contribution is 0.224. The zero-order chi connectivity index (χ0) is 14.5. The van der Waals surface area contributed by atoms with Gasteiger partial charge in [0.2, 0.25) is 0 Å². The summed E-state index contributed by atoms with van der Waals surface area (Å²) in [6.45, 7) is 3.73. The van der Waals surface area contributed by atoms with E-state index in [4.69, 9.17) is 14.6 Å². The maximum Gasteiger partial charge on any atom is 0.165 e. The van der Waals surface area contributed by atoms with Crippen LogP contribution in [-0.2, 0) is 6.54 Å². The predicted molar refractivity (Wildman–Crippen MR) is 81.8 cm³/mol. The third-order valence-electron chi connectivity index (χ3n) is 4.14. The SMILES string of the molecule is OCCCCN(Cc1cccc2c1OCCCO2)C1CC1. The molecule has 1 saturated carbocycles. The number of aliphatic hydroxyl groups excluding tert-OH is 1. The molecule has 0 spiro atoms. The number of ether oxygens (including phenoxy) is 2. The van der Waals surface area contributed by atoms with Gasteiger partial charge in [-0.15, -0.1) is 0 Å². The van der Waals surface area contributed by atoms with Crippen LogP contribution >= 0.6 is 0 Å². The van der Waals surface area contributed by atoms with Gasteiger partial charge < -0.3 is 14.6 Å². The molecule has 0 amide bonds. The van der Waals surface area contributed by atoms with E-state index in [0.717, 1.165) is 57.1 Å². The number of fused-ring (bicyclic) bond motifs is 1. The topological polar surface area (TPSA) is 41.9 Å². The molecular formula is C17H25NO3. The summed E-state index contributed by atoms with van der Waals surface area (Å²) in [7, 11) is 0. The average Bonchev–Trinajstić information content (AvgIpc) is 3.33. The highest BCUT2D eigenvalue weighted by molar-refractivity contribution is 5.47. The average molecular weight is 291 g/mol. The molecule has 0 bridgehead atoms. The molecule has 4 heteroatoms.